The number of nitrogens with two attached hydrogens (primary N) is 1. The second kappa shape index (κ2) is 6.84. The van der Waals surface area contributed by atoms with Crippen molar-refractivity contribution in [2.24, 2.45) is 5.73 Å². The third-order valence-corrected chi connectivity index (χ3v) is 1.49. The summed E-state index contributed by atoms with van der Waals surface area (Å²) in [6.07, 6.45) is 0.822. The summed E-state index contributed by atoms with van der Waals surface area (Å²) >= 11 is 0. The summed E-state index contributed by atoms with van der Waals surface area (Å²) in [7, 11) is 1.59. The monoisotopic (exact) mass is 169 g/mol. The Kier molecular flexibility index (Phi) is 6.35. The fourth-order valence-corrected chi connectivity index (χ4v) is 0.712. The highest BCUT2D eigenvalue weighted by Gasteiger charge is 2.10. The SMILES string of the molecule is CC#CCC(=O)C(N)CCOC. The lowest BCUT2D eigenvalue weighted by Crippen LogP contribution is -2.31. The topological polar surface area (TPSA) is 52.3 Å². The standard InChI is InChI=1S/C9H15NO2/c1-3-4-5-9(11)8(10)6-7-12-2/h8H,5-7,10H2,1-2H3. The fraction of sp³-hybridized carbons (Fsp3) is 0.667. The molecule has 0 heterocycles. The lowest BCUT2D eigenvalue weighted by atomic mass is 10.1. The number of rotatable bonds is 5. The van der Waals surface area contributed by atoms with Crippen LogP contribution in [0.25, 0.3) is 0 Å². The van der Waals surface area contributed by atoms with Crippen LogP contribution < -0.4 is 5.73 Å². The van der Waals surface area contributed by atoms with Crippen molar-refractivity contribution >= 4 is 5.78 Å². The van der Waals surface area contributed by atoms with Gasteiger partial charge < -0.3 is 10.5 Å². The molecule has 0 aromatic rings. The maximum atomic E-state index is 11.1. The zero-order chi connectivity index (χ0) is 9.40. The number of methoxy groups -OCH3 is 1. The molecule has 0 saturated carbocycles. The van der Waals surface area contributed by atoms with Gasteiger partial charge in [0.05, 0.1) is 12.5 Å². The minimum Gasteiger partial charge on any atom is -0.385 e. The second-order valence-corrected chi connectivity index (χ2v) is 2.46. The summed E-state index contributed by atoms with van der Waals surface area (Å²) in [6.45, 7) is 2.22. The first-order valence-corrected chi connectivity index (χ1v) is 3.89. The molecule has 0 aromatic carbocycles. The van der Waals surface area contributed by atoms with Gasteiger partial charge in [-0.3, -0.25) is 4.79 Å². The summed E-state index contributed by atoms with van der Waals surface area (Å²) in [5.74, 6) is 5.32. The van der Waals surface area contributed by atoms with Gasteiger partial charge in [-0.05, 0) is 13.3 Å². The largest absolute Gasteiger partial charge is 0.385 e. The molecule has 0 radical (unpaired) electrons. The predicted octanol–water partition coefficient (Wildman–Crippen LogP) is 0.333. The molecule has 0 spiro atoms. The number of hydrogen-bond donors (Lipinski definition) is 1. The smallest absolute Gasteiger partial charge is 0.161 e. The summed E-state index contributed by atoms with van der Waals surface area (Å²) in [6, 6.07) is -0.425. The van der Waals surface area contributed by atoms with Crippen LogP contribution in [0, 0.1) is 11.8 Å². The Morgan fingerprint density at radius 2 is 2.33 bits per heavy atom. The summed E-state index contributed by atoms with van der Waals surface area (Å²) < 4.78 is 4.80. The molecule has 0 bridgehead atoms. The van der Waals surface area contributed by atoms with E-state index in [9.17, 15) is 4.79 Å². The van der Waals surface area contributed by atoms with E-state index in [0.29, 0.717) is 13.0 Å². The Balaban J connectivity index is 3.66. The Labute approximate surface area is 73.3 Å². The van der Waals surface area contributed by atoms with Crippen molar-refractivity contribution in [1.29, 1.82) is 0 Å². The third kappa shape index (κ3) is 4.89. The minimum absolute atomic E-state index is 0.0126. The highest BCUT2D eigenvalue weighted by Crippen LogP contribution is 1.93. The molecule has 0 aliphatic heterocycles. The highest BCUT2D eigenvalue weighted by molar-refractivity contribution is 5.85. The molecule has 0 aliphatic rings. The molecule has 0 aromatic heterocycles. The number of hydrogen-bond acceptors (Lipinski definition) is 3. The van der Waals surface area contributed by atoms with Crippen LogP contribution in [-0.2, 0) is 9.53 Å². The van der Waals surface area contributed by atoms with E-state index in [1.54, 1.807) is 14.0 Å². The number of ether oxygens (including phenoxy) is 1. The van der Waals surface area contributed by atoms with Crippen molar-refractivity contribution in [1.82, 2.24) is 0 Å². The molecule has 68 valence electrons. The normalized spacial score (nSPS) is 11.6. The predicted molar refractivity (Wildman–Crippen MR) is 47.5 cm³/mol. The summed E-state index contributed by atoms with van der Waals surface area (Å²) in [5, 5.41) is 0. The Bertz CT molecular complexity index is 190. The van der Waals surface area contributed by atoms with Crippen LogP contribution in [0.15, 0.2) is 0 Å². The third-order valence-electron chi connectivity index (χ3n) is 1.49. The first-order valence-electron chi connectivity index (χ1n) is 3.89. The van der Waals surface area contributed by atoms with Crippen molar-refractivity contribution in [3.05, 3.63) is 0 Å². The van der Waals surface area contributed by atoms with Gasteiger partial charge >= 0.3 is 0 Å². The molecule has 0 aliphatic carbocycles. The molecule has 0 saturated heterocycles. The van der Waals surface area contributed by atoms with E-state index >= 15 is 0 Å². The van der Waals surface area contributed by atoms with Gasteiger partial charge in [-0.25, -0.2) is 0 Å². The van der Waals surface area contributed by atoms with Gasteiger partial charge in [0, 0.05) is 13.7 Å². The van der Waals surface area contributed by atoms with Crippen LogP contribution >= 0.6 is 0 Å². The summed E-state index contributed by atoms with van der Waals surface area (Å²) in [4.78, 5) is 11.1. The quantitative estimate of drug-likeness (QED) is 0.603. The average molecular weight is 169 g/mol. The van der Waals surface area contributed by atoms with Gasteiger partial charge in [0.15, 0.2) is 5.78 Å². The van der Waals surface area contributed by atoms with Crippen LogP contribution in [0.3, 0.4) is 0 Å². The van der Waals surface area contributed by atoms with Gasteiger partial charge in [0.2, 0.25) is 0 Å². The minimum atomic E-state index is -0.425. The van der Waals surface area contributed by atoms with Gasteiger partial charge in [-0.2, -0.15) is 0 Å². The van der Waals surface area contributed by atoms with Crippen molar-refractivity contribution in [3.63, 3.8) is 0 Å². The molecule has 0 amide bonds. The Morgan fingerprint density at radius 3 is 2.83 bits per heavy atom. The van der Waals surface area contributed by atoms with E-state index in [0.717, 1.165) is 0 Å². The molecule has 1 unspecified atom stereocenters. The number of Topliss-reactive ketones (excluding diaryl/α,β-unsaturated/α-hetero) is 1. The zero-order valence-electron chi connectivity index (χ0n) is 7.59. The zero-order valence-corrected chi connectivity index (χ0v) is 7.59. The van der Waals surface area contributed by atoms with Gasteiger partial charge in [-0.15, -0.1) is 5.92 Å². The number of carbonyl (C=O) groups excluding carboxylic acids is 1. The first-order chi connectivity index (χ1) is 5.72. The Hall–Kier alpha value is -0.850. The van der Waals surface area contributed by atoms with Crippen molar-refractivity contribution in [2.45, 2.75) is 25.8 Å². The lowest BCUT2D eigenvalue weighted by Gasteiger charge is -2.06. The van der Waals surface area contributed by atoms with E-state index in [4.69, 9.17) is 10.5 Å². The molecule has 1 atom stereocenters. The average Bonchev–Trinajstić information content (AvgIpc) is 2.10. The number of carbonyl (C=O) groups is 1. The molecule has 3 nitrogen and oxygen atoms in total. The maximum Gasteiger partial charge on any atom is 0.161 e. The van der Waals surface area contributed by atoms with Crippen molar-refractivity contribution in [3.8, 4) is 11.8 Å². The molecule has 2 N–H and O–H groups in total. The highest BCUT2D eigenvalue weighted by atomic mass is 16.5. The van der Waals surface area contributed by atoms with Gasteiger partial charge in [-0.1, -0.05) is 5.92 Å². The summed E-state index contributed by atoms with van der Waals surface area (Å²) in [5.41, 5.74) is 5.55. The van der Waals surface area contributed by atoms with Crippen molar-refractivity contribution < 1.29 is 9.53 Å². The van der Waals surface area contributed by atoms with Crippen LogP contribution in [0.2, 0.25) is 0 Å². The van der Waals surface area contributed by atoms with E-state index < -0.39 is 6.04 Å². The molecule has 0 fully saturated rings. The van der Waals surface area contributed by atoms with E-state index in [2.05, 4.69) is 11.8 Å². The molecular formula is C9H15NO2. The van der Waals surface area contributed by atoms with Crippen LogP contribution in [0.1, 0.15) is 19.8 Å². The van der Waals surface area contributed by atoms with Gasteiger partial charge in [0.25, 0.3) is 0 Å². The van der Waals surface area contributed by atoms with Crippen LogP contribution in [0.5, 0.6) is 0 Å². The molecule has 3 heteroatoms. The molecule has 0 rings (SSSR count). The van der Waals surface area contributed by atoms with E-state index in [1.165, 1.54) is 0 Å². The van der Waals surface area contributed by atoms with Crippen molar-refractivity contribution in [2.75, 3.05) is 13.7 Å². The lowest BCUT2D eigenvalue weighted by molar-refractivity contribution is -0.119. The van der Waals surface area contributed by atoms with Crippen LogP contribution in [-0.4, -0.2) is 25.5 Å². The maximum absolute atomic E-state index is 11.1. The fourth-order valence-electron chi connectivity index (χ4n) is 0.712. The molecule has 12 heavy (non-hydrogen) atoms. The molecular weight excluding hydrogens is 154 g/mol. The Morgan fingerprint density at radius 1 is 1.67 bits per heavy atom. The first kappa shape index (κ1) is 11.2. The van der Waals surface area contributed by atoms with Gasteiger partial charge in [0.1, 0.15) is 0 Å². The van der Waals surface area contributed by atoms with E-state index in [-0.39, 0.29) is 12.2 Å². The van der Waals surface area contributed by atoms with Crippen LogP contribution in [0.4, 0.5) is 0 Å². The second-order valence-electron chi connectivity index (χ2n) is 2.46. The van der Waals surface area contributed by atoms with E-state index in [1.807, 2.05) is 0 Å². The number of ketones is 1.